The van der Waals surface area contributed by atoms with Crippen LogP contribution in [-0.2, 0) is 9.47 Å². The van der Waals surface area contributed by atoms with Crippen LogP contribution >= 0.6 is 0 Å². The molecular weight excluding hydrogens is 224 g/mol. The molecule has 0 bridgehead atoms. The first-order valence-corrected chi connectivity index (χ1v) is 5.37. The Labute approximate surface area is 99.3 Å². The van der Waals surface area contributed by atoms with Crippen LogP contribution in [0.25, 0.3) is 0 Å². The summed E-state index contributed by atoms with van der Waals surface area (Å²) >= 11 is 0. The summed E-state index contributed by atoms with van der Waals surface area (Å²) in [7, 11) is 1.54. The van der Waals surface area contributed by atoms with E-state index in [1.807, 2.05) is 0 Å². The first kappa shape index (κ1) is 12.2. The van der Waals surface area contributed by atoms with E-state index < -0.39 is 0 Å². The molecule has 17 heavy (non-hydrogen) atoms. The van der Waals surface area contributed by atoms with Gasteiger partial charge in [0.15, 0.2) is 0 Å². The first-order valence-electron chi connectivity index (χ1n) is 5.37. The normalized spacial score (nSPS) is 22.1. The minimum absolute atomic E-state index is 0.195. The number of ether oxygens (including phenoxy) is 3. The molecule has 2 atom stereocenters. The number of hydrogen-bond acceptors (Lipinski definition) is 7. The zero-order valence-electron chi connectivity index (χ0n) is 9.63. The number of nitrogens with one attached hydrogen (secondary N) is 1. The number of hydrazine groups is 1. The molecule has 94 valence electrons. The maximum Gasteiger partial charge on any atom is 0.237 e. The summed E-state index contributed by atoms with van der Waals surface area (Å²) in [5, 5.41) is 0. The van der Waals surface area contributed by atoms with Crippen molar-refractivity contribution in [3.63, 3.8) is 0 Å². The third kappa shape index (κ3) is 2.70. The Bertz CT molecular complexity index is 357. The third-order valence-corrected chi connectivity index (χ3v) is 2.57. The Morgan fingerprint density at radius 1 is 1.47 bits per heavy atom. The number of methoxy groups -OCH3 is 1. The maximum absolute atomic E-state index is 5.59. The Balaban J connectivity index is 2.21. The average Bonchev–Trinajstić information content (AvgIpc) is 2.41. The van der Waals surface area contributed by atoms with Crippen LogP contribution in [0.1, 0.15) is 11.7 Å². The number of hydrogen-bond donors (Lipinski definition) is 2. The van der Waals surface area contributed by atoms with Crippen molar-refractivity contribution < 1.29 is 14.2 Å². The van der Waals surface area contributed by atoms with Crippen LogP contribution in [0.4, 0.5) is 0 Å². The second-order valence-corrected chi connectivity index (χ2v) is 3.58. The molecule has 1 fully saturated rings. The second-order valence-electron chi connectivity index (χ2n) is 3.58. The molecule has 3 N–H and O–H groups in total. The standard InChI is InChI=1S/C10H16N4O3/c1-15-10-9(12-2-3-13-10)8(14-11)7-6-16-4-5-17-7/h2-3,7-8,14H,4-6,11H2,1H3. The second kappa shape index (κ2) is 5.87. The van der Waals surface area contributed by atoms with Crippen molar-refractivity contribution in [1.29, 1.82) is 0 Å². The van der Waals surface area contributed by atoms with Crippen LogP contribution in [0.15, 0.2) is 12.4 Å². The van der Waals surface area contributed by atoms with E-state index in [-0.39, 0.29) is 12.1 Å². The van der Waals surface area contributed by atoms with Gasteiger partial charge in [-0.3, -0.25) is 10.8 Å². The summed E-state index contributed by atoms with van der Waals surface area (Å²) in [6.07, 6.45) is 2.96. The molecule has 2 rings (SSSR count). The molecule has 2 heterocycles. The Morgan fingerprint density at radius 3 is 2.94 bits per heavy atom. The minimum Gasteiger partial charge on any atom is -0.480 e. The van der Waals surface area contributed by atoms with Crippen LogP contribution in [0.3, 0.4) is 0 Å². The van der Waals surface area contributed by atoms with Gasteiger partial charge in [-0.05, 0) is 0 Å². The topological polar surface area (TPSA) is 91.5 Å². The van der Waals surface area contributed by atoms with Gasteiger partial charge in [0.1, 0.15) is 11.8 Å². The molecule has 7 heteroatoms. The van der Waals surface area contributed by atoms with E-state index in [2.05, 4.69) is 15.4 Å². The fraction of sp³-hybridized carbons (Fsp3) is 0.600. The summed E-state index contributed by atoms with van der Waals surface area (Å²) in [6.45, 7) is 1.62. The molecule has 1 aromatic heterocycles. The predicted octanol–water partition coefficient (Wildman–Crippen LogP) is -0.595. The lowest BCUT2D eigenvalue weighted by Gasteiger charge is -2.29. The van der Waals surface area contributed by atoms with Gasteiger partial charge in [0, 0.05) is 12.4 Å². The molecule has 1 aliphatic heterocycles. The highest BCUT2D eigenvalue weighted by atomic mass is 16.6. The van der Waals surface area contributed by atoms with Crippen LogP contribution in [0.2, 0.25) is 0 Å². The molecule has 1 saturated heterocycles. The fourth-order valence-electron chi connectivity index (χ4n) is 1.77. The summed E-state index contributed by atoms with van der Waals surface area (Å²) in [5.41, 5.74) is 3.29. The molecule has 0 saturated carbocycles. The van der Waals surface area contributed by atoms with Crippen molar-refractivity contribution in [1.82, 2.24) is 15.4 Å². The monoisotopic (exact) mass is 240 g/mol. The number of nitrogens with two attached hydrogens (primary N) is 1. The summed E-state index contributed by atoms with van der Waals surface area (Å²) in [6, 6.07) is -0.307. The van der Waals surface area contributed by atoms with Crippen molar-refractivity contribution in [2.24, 2.45) is 5.84 Å². The van der Waals surface area contributed by atoms with Gasteiger partial charge in [-0.2, -0.15) is 0 Å². The molecule has 1 aliphatic rings. The van der Waals surface area contributed by atoms with E-state index in [0.717, 1.165) is 0 Å². The molecule has 1 aromatic rings. The van der Waals surface area contributed by atoms with Crippen LogP contribution in [-0.4, -0.2) is 43.0 Å². The number of aromatic nitrogens is 2. The van der Waals surface area contributed by atoms with E-state index in [9.17, 15) is 0 Å². The van der Waals surface area contributed by atoms with Crippen molar-refractivity contribution in [3.05, 3.63) is 18.1 Å². The quantitative estimate of drug-likeness (QED) is 0.536. The fourth-order valence-corrected chi connectivity index (χ4v) is 1.77. The third-order valence-electron chi connectivity index (χ3n) is 2.57. The number of rotatable bonds is 4. The molecule has 0 aromatic carbocycles. The molecule has 0 spiro atoms. The minimum atomic E-state index is -0.307. The summed E-state index contributed by atoms with van der Waals surface area (Å²) in [4.78, 5) is 8.31. The highest BCUT2D eigenvalue weighted by Crippen LogP contribution is 2.24. The molecular formula is C10H16N4O3. The molecule has 2 unspecified atom stereocenters. The SMILES string of the molecule is COc1nccnc1C(NN)C1COCCO1. The Kier molecular flexibility index (Phi) is 4.21. The zero-order chi connectivity index (χ0) is 12.1. The van der Waals surface area contributed by atoms with Gasteiger partial charge in [0.05, 0.1) is 33.0 Å². The van der Waals surface area contributed by atoms with Gasteiger partial charge in [0.2, 0.25) is 5.88 Å². The molecule has 7 nitrogen and oxygen atoms in total. The lowest BCUT2D eigenvalue weighted by molar-refractivity contribution is -0.103. The van der Waals surface area contributed by atoms with Crippen LogP contribution in [0.5, 0.6) is 5.88 Å². The molecule has 0 amide bonds. The van der Waals surface area contributed by atoms with Crippen molar-refractivity contribution >= 4 is 0 Å². The highest BCUT2D eigenvalue weighted by Gasteiger charge is 2.29. The Morgan fingerprint density at radius 2 is 2.29 bits per heavy atom. The van der Waals surface area contributed by atoms with Gasteiger partial charge < -0.3 is 14.2 Å². The van der Waals surface area contributed by atoms with Gasteiger partial charge in [-0.15, -0.1) is 0 Å². The van der Waals surface area contributed by atoms with Crippen LogP contribution < -0.4 is 16.0 Å². The van der Waals surface area contributed by atoms with Crippen LogP contribution in [0, 0.1) is 0 Å². The van der Waals surface area contributed by atoms with Gasteiger partial charge in [0.25, 0.3) is 0 Å². The average molecular weight is 240 g/mol. The van der Waals surface area contributed by atoms with E-state index in [1.165, 1.54) is 0 Å². The highest BCUT2D eigenvalue weighted by molar-refractivity contribution is 5.22. The largest absolute Gasteiger partial charge is 0.480 e. The van der Waals surface area contributed by atoms with Crippen molar-refractivity contribution in [2.45, 2.75) is 12.1 Å². The predicted molar refractivity (Wildman–Crippen MR) is 59.2 cm³/mol. The first-order chi connectivity index (χ1) is 8.36. The lowest BCUT2D eigenvalue weighted by Crippen LogP contribution is -2.43. The maximum atomic E-state index is 5.59. The number of nitrogens with zero attached hydrogens (tertiary/aromatic N) is 2. The van der Waals surface area contributed by atoms with Gasteiger partial charge >= 0.3 is 0 Å². The van der Waals surface area contributed by atoms with E-state index in [1.54, 1.807) is 19.5 Å². The smallest absolute Gasteiger partial charge is 0.237 e. The summed E-state index contributed by atoms with van der Waals surface area (Å²) < 4.78 is 16.1. The van der Waals surface area contributed by atoms with E-state index in [0.29, 0.717) is 31.4 Å². The van der Waals surface area contributed by atoms with E-state index >= 15 is 0 Å². The van der Waals surface area contributed by atoms with Crippen molar-refractivity contribution in [3.8, 4) is 5.88 Å². The zero-order valence-corrected chi connectivity index (χ0v) is 9.63. The summed E-state index contributed by atoms with van der Waals surface area (Å²) in [5.74, 6) is 5.99. The van der Waals surface area contributed by atoms with E-state index in [4.69, 9.17) is 20.1 Å². The Hall–Kier alpha value is -1.28. The van der Waals surface area contributed by atoms with Crippen molar-refractivity contribution in [2.75, 3.05) is 26.9 Å². The molecule has 0 radical (unpaired) electrons. The molecule has 0 aliphatic carbocycles. The van der Waals surface area contributed by atoms with Gasteiger partial charge in [-0.1, -0.05) is 0 Å². The van der Waals surface area contributed by atoms with Gasteiger partial charge in [-0.25, -0.2) is 10.4 Å². The lowest BCUT2D eigenvalue weighted by atomic mass is 10.1.